The van der Waals surface area contributed by atoms with Gasteiger partial charge in [-0.2, -0.15) is 0 Å². The third-order valence-electron chi connectivity index (χ3n) is 5.94. The third kappa shape index (κ3) is 3.78. The maximum atomic E-state index is 12.8. The van der Waals surface area contributed by atoms with Gasteiger partial charge in [0.05, 0.1) is 5.92 Å². The molecule has 1 heterocycles. The van der Waals surface area contributed by atoms with Crippen LogP contribution in [0.25, 0.3) is 0 Å². The summed E-state index contributed by atoms with van der Waals surface area (Å²) < 4.78 is 0. The molecule has 1 aromatic carbocycles. The molecule has 1 aromatic rings. The van der Waals surface area contributed by atoms with Gasteiger partial charge in [0.15, 0.2) is 0 Å². The Hall–Kier alpha value is -1.88. The molecule has 0 aromatic heterocycles. The van der Waals surface area contributed by atoms with Crippen molar-refractivity contribution in [3.63, 3.8) is 0 Å². The van der Waals surface area contributed by atoms with Crippen molar-refractivity contribution in [2.24, 2.45) is 17.6 Å². The predicted octanol–water partition coefficient (Wildman–Crippen LogP) is 2.60. The standard InChI is InChI=1S/C21H31N3O2/c1-13-8-14(2)20(15(3)9-13)24-12-17(10-19(24)25)21(26)23-18-7-5-4-6-16(18)11-22/h8-9,16-18H,4-7,10-12,22H2,1-3H3,(H,23,26). The molecule has 2 amide bonds. The Morgan fingerprint density at radius 3 is 2.50 bits per heavy atom. The summed E-state index contributed by atoms with van der Waals surface area (Å²) in [6.45, 7) is 7.20. The zero-order valence-electron chi connectivity index (χ0n) is 16.2. The van der Waals surface area contributed by atoms with Crippen LogP contribution in [0.1, 0.15) is 48.8 Å². The van der Waals surface area contributed by atoms with Gasteiger partial charge in [-0.3, -0.25) is 9.59 Å². The number of hydrogen-bond donors (Lipinski definition) is 2. The van der Waals surface area contributed by atoms with Crippen LogP contribution in [0, 0.1) is 32.6 Å². The van der Waals surface area contributed by atoms with Crippen LogP contribution in [-0.2, 0) is 9.59 Å². The molecule has 1 saturated carbocycles. The van der Waals surface area contributed by atoms with Crippen LogP contribution in [0.15, 0.2) is 12.1 Å². The lowest BCUT2D eigenvalue weighted by Gasteiger charge is -2.32. The molecule has 142 valence electrons. The van der Waals surface area contributed by atoms with E-state index < -0.39 is 0 Å². The molecule has 1 aliphatic heterocycles. The summed E-state index contributed by atoms with van der Waals surface area (Å²) in [7, 11) is 0. The lowest BCUT2D eigenvalue weighted by Crippen LogP contribution is -2.47. The number of nitrogens with zero attached hydrogens (tertiary/aromatic N) is 1. The van der Waals surface area contributed by atoms with Crippen LogP contribution in [0.3, 0.4) is 0 Å². The maximum absolute atomic E-state index is 12.8. The summed E-state index contributed by atoms with van der Waals surface area (Å²) in [6.07, 6.45) is 4.69. The van der Waals surface area contributed by atoms with Gasteiger partial charge >= 0.3 is 0 Å². The SMILES string of the molecule is Cc1cc(C)c(N2CC(C(=O)NC3CCCCC3CN)CC2=O)c(C)c1. The van der Waals surface area contributed by atoms with Gasteiger partial charge in [0.2, 0.25) is 11.8 Å². The Labute approximate surface area is 156 Å². The van der Waals surface area contributed by atoms with Crippen LogP contribution in [-0.4, -0.2) is 30.9 Å². The summed E-state index contributed by atoms with van der Waals surface area (Å²) in [5.74, 6) is 0.137. The fourth-order valence-electron chi connectivity index (χ4n) is 4.68. The molecule has 1 saturated heterocycles. The van der Waals surface area contributed by atoms with E-state index >= 15 is 0 Å². The number of anilines is 1. The Kier molecular flexibility index (Phi) is 5.66. The third-order valence-corrected chi connectivity index (χ3v) is 5.94. The number of nitrogens with two attached hydrogens (primary N) is 1. The summed E-state index contributed by atoms with van der Waals surface area (Å²) >= 11 is 0. The first-order valence-electron chi connectivity index (χ1n) is 9.79. The minimum absolute atomic E-state index is 0.00798. The Morgan fingerprint density at radius 1 is 1.19 bits per heavy atom. The van der Waals surface area contributed by atoms with E-state index in [1.807, 2.05) is 13.8 Å². The summed E-state index contributed by atoms with van der Waals surface area (Å²) in [5, 5.41) is 3.19. The zero-order chi connectivity index (χ0) is 18.8. The highest BCUT2D eigenvalue weighted by Gasteiger charge is 2.37. The van der Waals surface area contributed by atoms with E-state index in [2.05, 4.69) is 24.4 Å². The fraction of sp³-hybridized carbons (Fsp3) is 0.619. The molecule has 1 aliphatic carbocycles. The molecular formula is C21H31N3O2. The van der Waals surface area contributed by atoms with Crippen molar-refractivity contribution in [3.8, 4) is 0 Å². The molecule has 5 heteroatoms. The molecule has 3 unspecified atom stereocenters. The lowest BCUT2D eigenvalue weighted by molar-refractivity contribution is -0.127. The van der Waals surface area contributed by atoms with Gasteiger partial charge in [0, 0.05) is 24.7 Å². The molecule has 5 nitrogen and oxygen atoms in total. The van der Waals surface area contributed by atoms with E-state index in [0.717, 1.165) is 36.1 Å². The summed E-state index contributed by atoms with van der Waals surface area (Å²) in [4.78, 5) is 27.2. The first kappa shape index (κ1) is 18.9. The van der Waals surface area contributed by atoms with Crippen molar-refractivity contribution in [2.75, 3.05) is 18.0 Å². The fourth-order valence-corrected chi connectivity index (χ4v) is 4.68. The van der Waals surface area contributed by atoms with Gasteiger partial charge in [-0.1, -0.05) is 30.5 Å². The van der Waals surface area contributed by atoms with Gasteiger partial charge in [0.25, 0.3) is 0 Å². The number of hydrogen-bond acceptors (Lipinski definition) is 3. The van der Waals surface area contributed by atoms with Gasteiger partial charge in [-0.25, -0.2) is 0 Å². The van der Waals surface area contributed by atoms with E-state index in [9.17, 15) is 9.59 Å². The number of nitrogens with one attached hydrogen (secondary N) is 1. The highest BCUT2D eigenvalue weighted by molar-refractivity contribution is 6.01. The van der Waals surface area contributed by atoms with Crippen molar-refractivity contribution < 1.29 is 9.59 Å². The van der Waals surface area contributed by atoms with E-state index in [-0.39, 0.29) is 23.8 Å². The Balaban J connectivity index is 1.70. The van der Waals surface area contributed by atoms with E-state index in [4.69, 9.17) is 5.73 Å². The molecule has 0 bridgehead atoms. The topological polar surface area (TPSA) is 75.4 Å². The van der Waals surface area contributed by atoms with Crippen LogP contribution < -0.4 is 16.0 Å². The number of carbonyl (C=O) groups is 2. The molecular weight excluding hydrogens is 326 g/mol. The summed E-state index contributed by atoms with van der Waals surface area (Å²) in [6, 6.07) is 4.35. The van der Waals surface area contributed by atoms with Crippen LogP contribution in [0.4, 0.5) is 5.69 Å². The van der Waals surface area contributed by atoms with Crippen molar-refractivity contribution in [1.82, 2.24) is 5.32 Å². The molecule has 3 atom stereocenters. The predicted molar refractivity (Wildman–Crippen MR) is 104 cm³/mol. The molecule has 0 radical (unpaired) electrons. The Morgan fingerprint density at radius 2 is 1.85 bits per heavy atom. The van der Waals surface area contributed by atoms with Crippen molar-refractivity contribution in [2.45, 2.75) is 58.9 Å². The Bertz CT molecular complexity index is 677. The van der Waals surface area contributed by atoms with Crippen molar-refractivity contribution >= 4 is 17.5 Å². The molecule has 0 spiro atoms. The quantitative estimate of drug-likeness (QED) is 0.870. The second kappa shape index (κ2) is 7.78. The van der Waals surface area contributed by atoms with Crippen molar-refractivity contribution in [1.29, 1.82) is 0 Å². The lowest BCUT2D eigenvalue weighted by atomic mass is 9.84. The maximum Gasteiger partial charge on any atom is 0.227 e. The highest BCUT2D eigenvalue weighted by Crippen LogP contribution is 2.32. The summed E-state index contributed by atoms with van der Waals surface area (Å²) in [5.41, 5.74) is 10.2. The molecule has 2 fully saturated rings. The monoisotopic (exact) mass is 357 g/mol. The minimum Gasteiger partial charge on any atom is -0.353 e. The second-order valence-corrected chi connectivity index (χ2v) is 8.05. The van der Waals surface area contributed by atoms with Gasteiger partial charge in [-0.05, 0) is 57.2 Å². The number of amides is 2. The van der Waals surface area contributed by atoms with Crippen LogP contribution in [0.2, 0.25) is 0 Å². The molecule has 3 rings (SSSR count). The van der Waals surface area contributed by atoms with Crippen molar-refractivity contribution in [3.05, 3.63) is 28.8 Å². The van der Waals surface area contributed by atoms with E-state index in [0.29, 0.717) is 25.4 Å². The molecule has 3 N–H and O–H groups in total. The number of rotatable bonds is 4. The number of benzene rings is 1. The highest BCUT2D eigenvalue weighted by atomic mass is 16.2. The second-order valence-electron chi connectivity index (χ2n) is 8.05. The first-order valence-corrected chi connectivity index (χ1v) is 9.79. The smallest absolute Gasteiger partial charge is 0.227 e. The largest absolute Gasteiger partial charge is 0.353 e. The van der Waals surface area contributed by atoms with E-state index in [1.54, 1.807) is 4.90 Å². The average molecular weight is 357 g/mol. The van der Waals surface area contributed by atoms with E-state index in [1.165, 1.54) is 12.0 Å². The van der Waals surface area contributed by atoms with Crippen LogP contribution in [0.5, 0.6) is 0 Å². The normalized spacial score (nSPS) is 26.2. The van der Waals surface area contributed by atoms with Gasteiger partial charge < -0.3 is 16.0 Å². The molecule has 2 aliphatic rings. The average Bonchev–Trinajstić information content (AvgIpc) is 2.96. The van der Waals surface area contributed by atoms with Gasteiger partial charge in [-0.15, -0.1) is 0 Å². The first-order chi connectivity index (χ1) is 12.4. The van der Waals surface area contributed by atoms with Gasteiger partial charge in [0.1, 0.15) is 0 Å². The number of aryl methyl sites for hydroxylation is 3. The zero-order valence-corrected chi connectivity index (χ0v) is 16.2. The molecule has 26 heavy (non-hydrogen) atoms. The van der Waals surface area contributed by atoms with Crippen LogP contribution >= 0.6 is 0 Å². The minimum atomic E-state index is -0.275. The number of carbonyl (C=O) groups excluding carboxylic acids is 2.